The van der Waals surface area contributed by atoms with Crippen molar-refractivity contribution in [3.63, 3.8) is 0 Å². The standard InChI is InChI=1S/C18H13ClFNO2/c19-13-4-1-11(2-5-13)17-9-12(3-8-18(22)23)15-10-14(20)6-7-16(15)21-17/h1-2,4-7,9-10H,3,8H2,(H,22,23). The van der Waals surface area contributed by atoms with Crippen molar-refractivity contribution in [3.05, 3.63) is 64.9 Å². The SMILES string of the molecule is O=C(O)CCc1cc(-c2ccc(Cl)cc2)nc2ccc(F)cc12. The fourth-order valence-electron chi connectivity index (χ4n) is 2.48. The van der Waals surface area contributed by atoms with Gasteiger partial charge in [-0.15, -0.1) is 0 Å². The molecule has 0 aliphatic heterocycles. The van der Waals surface area contributed by atoms with Gasteiger partial charge >= 0.3 is 5.97 Å². The summed E-state index contributed by atoms with van der Waals surface area (Å²) in [4.78, 5) is 15.4. The van der Waals surface area contributed by atoms with Crippen molar-refractivity contribution in [2.45, 2.75) is 12.8 Å². The predicted octanol–water partition coefficient (Wildman–Crippen LogP) is 4.71. The van der Waals surface area contributed by atoms with Crippen LogP contribution in [0, 0.1) is 5.82 Å². The average Bonchev–Trinajstić information content (AvgIpc) is 2.53. The van der Waals surface area contributed by atoms with Crippen molar-refractivity contribution in [2.75, 3.05) is 0 Å². The number of pyridine rings is 1. The largest absolute Gasteiger partial charge is 0.481 e. The molecule has 0 amide bonds. The number of benzene rings is 2. The second kappa shape index (κ2) is 6.34. The Labute approximate surface area is 137 Å². The quantitative estimate of drug-likeness (QED) is 0.754. The topological polar surface area (TPSA) is 50.2 Å². The highest BCUT2D eigenvalue weighted by atomic mass is 35.5. The molecule has 0 spiro atoms. The number of aliphatic carboxylic acids is 1. The van der Waals surface area contributed by atoms with Gasteiger partial charge in [0.25, 0.3) is 0 Å². The van der Waals surface area contributed by atoms with Crippen LogP contribution < -0.4 is 0 Å². The minimum absolute atomic E-state index is 0.0182. The van der Waals surface area contributed by atoms with Gasteiger partial charge in [0, 0.05) is 22.4 Å². The summed E-state index contributed by atoms with van der Waals surface area (Å²) < 4.78 is 13.5. The second-order valence-corrected chi connectivity index (χ2v) is 5.67. The van der Waals surface area contributed by atoms with Gasteiger partial charge < -0.3 is 5.11 Å². The van der Waals surface area contributed by atoms with Crippen LogP contribution in [0.2, 0.25) is 5.02 Å². The molecule has 0 radical (unpaired) electrons. The molecule has 3 aromatic rings. The number of carbonyl (C=O) groups is 1. The molecule has 0 saturated carbocycles. The molecule has 116 valence electrons. The Balaban J connectivity index is 2.14. The lowest BCUT2D eigenvalue weighted by Crippen LogP contribution is -2.00. The van der Waals surface area contributed by atoms with Gasteiger partial charge in [0.15, 0.2) is 0 Å². The minimum Gasteiger partial charge on any atom is -0.481 e. The summed E-state index contributed by atoms with van der Waals surface area (Å²) in [6.07, 6.45) is 0.300. The van der Waals surface area contributed by atoms with Gasteiger partial charge in [-0.1, -0.05) is 23.7 Å². The van der Waals surface area contributed by atoms with Crippen molar-refractivity contribution < 1.29 is 14.3 Å². The number of aromatic nitrogens is 1. The molecule has 1 heterocycles. The first kappa shape index (κ1) is 15.4. The fraction of sp³-hybridized carbons (Fsp3) is 0.111. The number of nitrogens with zero attached hydrogens (tertiary/aromatic N) is 1. The minimum atomic E-state index is -0.889. The zero-order valence-corrected chi connectivity index (χ0v) is 12.8. The van der Waals surface area contributed by atoms with Gasteiger partial charge in [0.05, 0.1) is 11.2 Å². The molecule has 0 atom stereocenters. The van der Waals surface area contributed by atoms with E-state index in [4.69, 9.17) is 16.7 Å². The van der Waals surface area contributed by atoms with E-state index in [0.717, 1.165) is 11.1 Å². The van der Waals surface area contributed by atoms with Gasteiger partial charge in [-0.2, -0.15) is 0 Å². The Morgan fingerprint density at radius 2 is 1.87 bits per heavy atom. The predicted molar refractivity (Wildman–Crippen MR) is 88.1 cm³/mol. The molecular weight excluding hydrogens is 317 g/mol. The first-order chi connectivity index (χ1) is 11.0. The number of halogens is 2. The van der Waals surface area contributed by atoms with Crippen LogP contribution in [-0.4, -0.2) is 16.1 Å². The van der Waals surface area contributed by atoms with Crippen LogP contribution in [0.5, 0.6) is 0 Å². The highest BCUT2D eigenvalue weighted by molar-refractivity contribution is 6.30. The van der Waals surface area contributed by atoms with Gasteiger partial charge in [-0.05, 0) is 48.4 Å². The van der Waals surface area contributed by atoms with Crippen molar-refractivity contribution in [1.82, 2.24) is 4.98 Å². The Morgan fingerprint density at radius 1 is 1.13 bits per heavy atom. The zero-order valence-electron chi connectivity index (χ0n) is 12.1. The van der Waals surface area contributed by atoms with Crippen LogP contribution in [0.15, 0.2) is 48.5 Å². The lowest BCUT2D eigenvalue weighted by Gasteiger charge is -2.10. The van der Waals surface area contributed by atoms with Crippen molar-refractivity contribution in [1.29, 1.82) is 0 Å². The van der Waals surface area contributed by atoms with Crippen LogP contribution in [0.25, 0.3) is 22.2 Å². The number of fused-ring (bicyclic) bond motifs is 1. The van der Waals surface area contributed by atoms with Crippen LogP contribution in [0.4, 0.5) is 4.39 Å². The van der Waals surface area contributed by atoms with Crippen LogP contribution in [-0.2, 0) is 11.2 Å². The Morgan fingerprint density at radius 3 is 2.57 bits per heavy atom. The van der Waals surface area contributed by atoms with E-state index in [-0.39, 0.29) is 12.2 Å². The lowest BCUT2D eigenvalue weighted by atomic mass is 10.0. The van der Waals surface area contributed by atoms with Gasteiger partial charge in [0.1, 0.15) is 5.82 Å². The normalized spacial score (nSPS) is 10.9. The number of aryl methyl sites for hydroxylation is 1. The van der Waals surface area contributed by atoms with Crippen molar-refractivity contribution in [2.24, 2.45) is 0 Å². The van der Waals surface area contributed by atoms with E-state index in [0.29, 0.717) is 28.0 Å². The zero-order chi connectivity index (χ0) is 16.4. The van der Waals surface area contributed by atoms with Gasteiger partial charge in [-0.3, -0.25) is 4.79 Å². The average molecular weight is 330 g/mol. The molecule has 3 rings (SSSR count). The number of rotatable bonds is 4. The third-order valence-electron chi connectivity index (χ3n) is 3.60. The summed E-state index contributed by atoms with van der Waals surface area (Å²) in [6, 6.07) is 13.4. The Kier molecular flexibility index (Phi) is 4.26. The maximum Gasteiger partial charge on any atom is 0.303 e. The molecule has 3 nitrogen and oxygen atoms in total. The summed E-state index contributed by atoms with van der Waals surface area (Å²) >= 11 is 5.90. The first-order valence-electron chi connectivity index (χ1n) is 7.10. The molecule has 23 heavy (non-hydrogen) atoms. The van der Waals surface area contributed by atoms with E-state index in [1.165, 1.54) is 12.1 Å². The highest BCUT2D eigenvalue weighted by Crippen LogP contribution is 2.27. The maximum absolute atomic E-state index is 13.5. The molecule has 0 unspecified atom stereocenters. The van der Waals surface area contributed by atoms with Gasteiger partial charge in [-0.25, -0.2) is 9.37 Å². The van der Waals surface area contributed by atoms with E-state index < -0.39 is 5.97 Å². The number of hydrogen-bond donors (Lipinski definition) is 1. The molecule has 0 aliphatic carbocycles. The Bertz CT molecular complexity index is 878. The molecule has 0 bridgehead atoms. The first-order valence-corrected chi connectivity index (χ1v) is 7.47. The smallest absolute Gasteiger partial charge is 0.303 e. The molecule has 1 aromatic heterocycles. The molecular formula is C18H13ClFNO2. The fourth-order valence-corrected chi connectivity index (χ4v) is 2.61. The van der Waals surface area contributed by atoms with E-state index in [1.54, 1.807) is 18.2 Å². The third-order valence-corrected chi connectivity index (χ3v) is 3.86. The van der Waals surface area contributed by atoms with E-state index in [9.17, 15) is 9.18 Å². The monoisotopic (exact) mass is 329 g/mol. The van der Waals surface area contributed by atoms with E-state index in [2.05, 4.69) is 4.98 Å². The summed E-state index contributed by atoms with van der Waals surface area (Å²) in [5.41, 5.74) is 2.99. The molecule has 0 saturated heterocycles. The maximum atomic E-state index is 13.5. The van der Waals surface area contributed by atoms with E-state index in [1.807, 2.05) is 18.2 Å². The molecule has 5 heteroatoms. The highest BCUT2D eigenvalue weighted by Gasteiger charge is 2.10. The van der Waals surface area contributed by atoms with E-state index >= 15 is 0 Å². The summed E-state index contributed by atoms with van der Waals surface area (Å²) in [5, 5.41) is 10.2. The number of carboxylic acids is 1. The summed E-state index contributed by atoms with van der Waals surface area (Å²) in [6.45, 7) is 0. The van der Waals surface area contributed by atoms with Crippen LogP contribution in [0.3, 0.4) is 0 Å². The molecule has 0 fully saturated rings. The Hall–Kier alpha value is -2.46. The third kappa shape index (κ3) is 3.48. The van der Waals surface area contributed by atoms with Crippen molar-refractivity contribution in [3.8, 4) is 11.3 Å². The number of carboxylic acid groups (broad SMARTS) is 1. The summed E-state index contributed by atoms with van der Waals surface area (Å²) in [5.74, 6) is -1.26. The molecule has 0 aliphatic rings. The van der Waals surface area contributed by atoms with Crippen LogP contribution >= 0.6 is 11.6 Å². The van der Waals surface area contributed by atoms with Crippen LogP contribution in [0.1, 0.15) is 12.0 Å². The number of hydrogen-bond acceptors (Lipinski definition) is 2. The second-order valence-electron chi connectivity index (χ2n) is 5.23. The lowest BCUT2D eigenvalue weighted by molar-refractivity contribution is -0.136. The van der Waals surface area contributed by atoms with Gasteiger partial charge in [0.2, 0.25) is 0 Å². The summed E-state index contributed by atoms with van der Waals surface area (Å²) in [7, 11) is 0. The molecule has 1 N–H and O–H groups in total. The molecule has 2 aromatic carbocycles. The van der Waals surface area contributed by atoms with Crippen molar-refractivity contribution >= 4 is 28.5 Å².